The molecule has 7 nitrogen and oxygen atoms in total. The van der Waals surface area contributed by atoms with Crippen LogP contribution in [0.5, 0.6) is 0 Å². The fourth-order valence-corrected chi connectivity index (χ4v) is 10.9. The number of allylic oxidation sites excluding steroid dienone is 4. The summed E-state index contributed by atoms with van der Waals surface area (Å²) in [6, 6.07) is 2.19. The normalized spacial score (nSPS) is 43.2. The third-order valence-electron chi connectivity index (χ3n) is 13.8. The second-order valence-electron chi connectivity index (χ2n) is 16.5. The summed E-state index contributed by atoms with van der Waals surface area (Å²) in [6.45, 7) is 15.7. The summed E-state index contributed by atoms with van der Waals surface area (Å²) in [6.07, 6.45) is 13.8. The van der Waals surface area contributed by atoms with E-state index in [1.54, 1.807) is 10.9 Å². The maximum absolute atomic E-state index is 14.6. The van der Waals surface area contributed by atoms with Gasteiger partial charge in [0, 0.05) is 47.5 Å². The van der Waals surface area contributed by atoms with Crippen molar-refractivity contribution in [3.63, 3.8) is 0 Å². The fraction of sp³-hybridized carbons (Fsp3) is 0.694. The molecule has 7 heteroatoms. The number of aromatic nitrogens is 2. The van der Waals surface area contributed by atoms with Gasteiger partial charge in [0.25, 0.3) is 0 Å². The predicted molar refractivity (Wildman–Crippen MR) is 164 cm³/mol. The number of aryl methyl sites for hydroxylation is 1. The average molecular weight is 585 g/mol. The van der Waals surface area contributed by atoms with Crippen molar-refractivity contribution in [3.8, 4) is 6.07 Å². The van der Waals surface area contributed by atoms with Gasteiger partial charge in [-0.2, -0.15) is 10.4 Å². The molecule has 1 amide bonds. The second kappa shape index (κ2) is 9.25. The summed E-state index contributed by atoms with van der Waals surface area (Å²) in [5.74, 6) is 0.138. The molecule has 1 heterocycles. The van der Waals surface area contributed by atoms with Crippen LogP contribution < -0.4 is 5.32 Å². The Labute approximate surface area is 256 Å². The number of Topliss-reactive ketones (excluding diaryl/α,β-unsaturated/α-hetero) is 1. The van der Waals surface area contributed by atoms with Crippen LogP contribution in [0.3, 0.4) is 0 Å². The molecule has 8 atom stereocenters. The molecule has 0 spiro atoms. The standard InChI is InChI=1S/C36H48N4O3/c1-31(2)26-9-10-35(6)27(34(26,5)16-23(18-37)29(31)42)15-25(41)28-24-17-33(4,12-11-32(24,3)13-14-36(28,35)7)30(43)38-19-22-20-39-40(8)21-22/h15-16,20-21,24,26,28H,9-14,17,19H2,1-8H3,(H,38,43). The van der Waals surface area contributed by atoms with Crippen molar-refractivity contribution >= 4 is 17.5 Å². The Bertz CT molecular complexity index is 1530. The van der Waals surface area contributed by atoms with Gasteiger partial charge in [-0.3, -0.25) is 19.1 Å². The average Bonchev–Trinajstić information content (AvgIpc) is 3.36. The lowest BCUT2D eigenvalue weighted by Gasteiger charge is -2.69. The summed E-state index contributed by atoms with van der Waals surface area (Å²) in [7, 11) is 1.87. The summed E-state index contributed by atoms with van der Waals surface area (Å²) in [4.78, 5) is 41.6. The number of amides is 1. The maximum atomic E-state index is 14.6. The monoisotopic (exact) mass is 584 g/mol. The molecule has 3 fully saturated rings. The van der Waals surface area contributed by atoms with Crippen molar-refractivity contribution in [3.05, 3.63) is 41.3 Å². The van der Waals surface area contributed by atoms with E-state index in [1.165, 1.54) is 0 Å². The number of hydrogen-bond donors (Lipinski definition) is 1. The van der Waals surface area contributed by atoms with E-state index < -0.39 is 16.2 Å². The number of nitriles is 1. The van der Waals surface area contributed by atoms with Crippen LogP contribution in [0.4, 0.5) is 0 Å². The summed E-state index contributed by atoms with van der Waals surface area (Å²) < 4.78 is 1.74. The van der Waals surface area contributed by atoms with E-state index in [2.05, 4.69) is 51.1 Å². The number of carbonyl (C=O) groups excluding carboxylic acids is 3. The van der Waals surface area contributed by atoms with Gasteiger partial charge in [-0.25, -0.2) is 0 Å². The highest BCUT2D eigenvalue weighted by Crippen LogP contribution is 2.74. The zero-order chi connectivity index (χ0) is 31.4. The zero-order valence-corrected chi connectivity index (χ0v) is 27.3. The van der Waals surface area contributed by atoms with Crippen LogP contribution in [0.2, 0.25) is 0 Å². The van der Waals surface area contributed by atoms with Gasteiger partial charge in [0.2, 0.25) is 5.91 Å². The quantitative estimate of drug-likeness (QED) is 0.452. The second-order valence-corrected chi connectivity index (χ2v) is 16.5. The Morgan fingerprint density at radius 1 is 1.07 bits per heavy atom. The first-order chi connectivity index (χ1) is 19.9. The van der Waals surface area contributed by atoms with Crippen molar-refractivity contribution in [2.24, 2.45) is 57.3 Å². The van der Waals surface area contributed by atoms with Gasteiger partial charge in [0.05, 0.1) is 11.8 Å². The molecular formula is C36H48N4O3. The van der Waals surface area contributed by atoms with Crippen molar-refractivity contribution in [2.45, 2.75) is 100.0 Å². The fourth-order valence-electron chi connectivity index (χ4n) is 10.9. The molecule has 5 aliphatic carbocycles. The smallest absolute Gasteiger partial charge is 0.226 e. The number of ketones is 2. The Morgan fingerprint density at radius 2 is 1.77 bits per heavy atom. The van der Waals surface area contributed by atoms with Crippen LogP contribution in [-0.4, -0.2) is 27.3 Å². The number of hydrogen-bond acceptors (Lipinski definition) is 5. The van der Waals surface area contributed by atoms with Crippen LogP contribution in [0.15, 0.2) is 35.7 Å². The minimum Gasteiger partial charge on any atom is -0.351 e. The van der Waals surface area contributed by atoms with Crippen molar-refractivity contribution in [2.75, 3.05) is 0 Å². The molecule has 1 N–H and O–H groups in total. The van der Waals surface area contributed by atoms with Crippen molar-refractivity contribution in [1.29, 1.82) is 5.26 Å². The van der Waals surface area contributed by atoms with Gasteiger partial charge in [0.15, 0.2) is 11.6 Å². The molecule has 0 radical (unpaired) electrons. The summed E-state index contributed by atoms with van der Waals surface area (Å²) in [5.41, 5.74) is 0.0600. The van der Waals surface area contributed by atoms with Gasteiger partial charge in [-0.1, -0.05) is 60.1 Å². The molecule has 3 saturated carbocycles. The first-order valence-corrected chi connectivity index (χ1v) is 16.2. The summed E-state index contributed by atoms with van der Waals surface area (Å²) >= 11 is 0. The van der Waals surface area contributed by atoms with Crippen LogP contribution in [-0.2, 0) is 28.0 Å². The number of carbonyl (C=O) groups is 3. The largest absolute Gasteiger partial charge is 0.351 e. The Hall–Kier alpha value is -3.01. The van der Waals surface area contributed by atoms with Crippen LogP contribution in [0, 0.1) is 61.6 Å². The Kier molecular flexibility index (Phi) is 6.46. The minimum atomic E-state index is -0.670. The molecule has 230 valence electrons. The van der Waals surface area contributed by atoms with Crippen LogP contribution >= 0.6 is 0 Å². The highest BCUT2D eigenvalue weighted by molar-refractivity contribution is 6.04. The van der Waals surface area contributed by atoms with E-state index in [-0.39, 0.29) is 57.0 Å². The molecule has 5 aliphatic rings. The van der Waals surface area contributed by atoms with E-state index in [4.69, 9.17) is 0 Å². The maximum Gasteiger partial charge on any atom is 0.226 e. The van der Waals surface area contributed by atoms with E-state index in [0.717, 1.165) is 49.7 Å². The van der Waals surface area contributed by atoms with Gasteiger partial charge in [-0.05, 0) is 79.1 Å². The Morgan fingerprint density at radius 3 is 2.42 bits per heavy atom. The first-order valence-electron chi connectivity index (χ1n) is 16.2. The lowest BCUT2D eigenvalue weighted by atomic mass is 9.34. The van der Waals surface area contributed by atoms with Gasteiger partial charge in [-0.15, -0.1) is 0 Å². The van der Waals surface area contributed by atoms with E-state index in [0.29, 0.717) is 13.0 Å². The molecule has 1 aromatic rings. The SMILES string of the molecule is Cn1cc(CNC(=O)C2(C)CCC3(C)CCC4(C)C(C(=O)C=C5C6(C)C=C(C#N)C(=O)C(C)(C)C6CCC54C)C3C2)cn1. The third-order valence-corrected chi connectivity index (χ3v) is 13.8. The molecular weight excluding hydrogens is 536 g/mol. The van der Waals surface area contributed by atoms with E-state index in [9.17, 15) is 19.6 Å². The molecule has 43 heavy (non-hydrogen) atoms. The van der Waals surface area contributed by atoms with Gasteiger partial charge < -0.3 is 5.32 Å². The molecule has 6 rings (SSSR count). The summed E-state index contributed by atoms with van der Waals surface area (Å²) in [5, 5.41) is 17.4. The number of nitrogens with one attached hydrogen (secondary N) is 1. The van der Waals surface area contributed by atoms with Gasteiger partial charge >= 0.3 is 0 Å². The highest BCUT2D eigenvalue weighted by Gasteiger charge is 2.69. The van der Waals surface area contributed by atoms with E-state index >= 15 is 0 Å². The van der Waals surface area contributed by atoms with E-state index in [1.807, 2.05) is 39.2 Å². The van der Waals surface area contributed by atoms with Crippen LogP contribution in [0.25, 0.3) is 0 Å². The van der Waals surface area contributed by atoms with Crippen LogP contribution in [0.1, 0.15) is 99.0 Å². The minimum absolute atomic E-state index is 0.0128. The first kappa shape index (κ1) is 30.0. The molecule has 0 saturated heterocycles. The lowest BCUT2D eigenvalue weighted by molar-refractivity contribution is -0.172. The molecule has 0 aromatic carbocycles. The molecule has 1 aromatic heterocycles. The molecule has 8 unspecified atom stereocenters. The third kappa shape index (κ3) is 3.97. The number of fused-ring (bicyclic) bond motifs is 7. The highest BCUT2D eigenvalue weighted by atomic mass is 16.2. The number of nitrogens with zero attached hydrogens (tertiary/aromatic N) is 3. The zero-order valence-electron chi connectivity index (χ0n) is 27.3. The van der Waals surface area contributed by atoms with Crippen molar-refractivity contribution in [1.82, 2.24) is 15.1 Å². The molecule has 0 bridgehead atoms. The lowest BCUT2D eigenvalue weighted by Crippen LogP contribution is -2.65. The number of rotatable bonds is 3. The molecule has 0 aliphatic heterocycles. The predicted octanol–water partition coefficient (Wildman–Crippen LogP) is 6.26. The van der Waals surface area contributed by atoms with Gasteiger partial charge in [0.1, 0.15) is 6.07 Å². The topological polar surface area (TPSA) is 105 Å². The van der Waals surface area contributed by atoms with Crippen molar-refractivity contribution < 1.29 is 14.4 Å². The Balaban J connectivity index is 1.38.